The molecule has 5 rings (SSSR count). The number of morpholine rings is 1. The van der Waals surface area contributed by atoms with E-state index >= 15 is 0 Å². The zero-order valence-corrected chi connectivity index (χ0v) is 20.3. The van der Waals surface area contributed by atoms with E-state index in [-0.39, 0.29) is 12.5 Å². The highest BCUT2D eigenvalue weighted by atomic mass is 32.1. The first-order chi connectivity index (χ1) is 17.0. The molecule has 182 valence electrons. The number of hydrogen-bond donors (Lipinski definition) is 0. The molecule has 0 bridgehead atoms. The highest BCUT2D eigenvalue weighted by Gasteiger charge is 2.37. The third-order valence-electron chi connectivity index (χ3n) is 6.25. The van der Waals surface area contributed by atoms with Crippen LogP contribution < -0.4 is 9.64 Å². The number of anilines is 1. The van der Waals surface area contributed by atoms with E-state index in [1.165, 1.54) is 11.3 Å². The van der Waals surface area contributed by atoms with Crippen molar-refractivity contribution in [3.05, 3.63) is 53.6 Å². The first-order valence-electron chi connectivity index (χ1n) is 11.6. The highest BCUT2D eigenvalue weighted by Crippen LogP contribution is 2.32. The summed E-state index contributed by atoms with van der Waals surface area (Å²) in [6.45, 7) is 4.07. The predicted octanol–water partition coefficient (Wildman–Crippen LogP) is 2.66. The van der Waals surface area contributed by atoms with Crippen LogP contribution >= 0.6 is 11.3 Å². The van der Waals surface area contributed by atoms with Crippen LogP contribution in [0.1, 0.15) is 27.1 Å². The van der Waals surface area contributed by atoms with Gasteiger partial charge in [0.1, 0.15) is 12.3 Å². The van der Waals surface area contributed by atoms with Gasteiger partial charge in [-0.25, -0.2) is 4.98 Å². The largest absolute Gasteiger partial charge is 0.497 e. The molecule has 9 nitrogen and oxygen atoms in total. The quantitative estimate of drug-likeness (QED) is 0.445. The van der Waals surface area contributed by atoms with Crippen molar-refractivity contribution >= 4 is 44.4 Å². The Morgan fingerprint density at radius 3 is 2.51 bits per heavy atom. The molecular weight excluding hydrogens is 468 g/mol. The SMILES string of the molecule is COc1ccc2sc(N(CCCN3CCOCC3)C(=O)CN3C(=O)c4ccccc4C3=O)nc2c1. The fourth-order valence-electron chi connectivity index (χ4n) is 4.35. The van der Waals surface area contributed by atoms with E-state index in [0.29, 0.717) is 41.8 Å². The van der Waals surface area contributed by atoms with Crippen LogP contribution in [-0.4, -0.2) is 85.6 Å². The van der Waals surface area contributed by atoms with Crippen molar-refractivity contribution in [3.8, 4) is 5.75 Å². The molecule has 3 aromatic rings. The Labute approximate surface area is 206 Å². The lowest BCUT2D eigenvalue weighted by Gasteiger charge is -2.28. The van der Waals surface area contributed by atoms with Crippen LogP contribution in [0.15, 0.2) is 42.5 Å². The molecule has 2 aliphatic rings. The van der Waals surface area contributed by atoms with Gasteiger partial charge in [0.05, 0.1) is 41.7 Å². The first kappa shape index (κ1) is 23.4. The molecular formula is C25H26N4O5S. The van der Waals surface area contributed by atoms with Crippen molar-refractivity contribution in [2.75, 3.05) is 57.9 Å². The minimum absolute atomic E-state index is 0.330. The molecule has 0 aliphatic carbocycles. The van der Waals surface area contributed by atoms with Crippen LogP contribution in [0.5, 0.6) is 5.75 Å². The van der Waals surface area contributed by atoms with Crippen LogP contribution in [0.2, 0.25) is 0 Å². The molecule has 3 heterocycles. The summed E-state index contributed by atoms with van der Waals surface area (Å²) in [5.74, 6) is -0.541. The van der Waals surface area contributed by atoms with Gasteiger partial charge in [-0.15, -0.1) is 0 Å². The number of carbonyl (C=O) groups excluding carboxylic acids is 3. The number of fused-ring (bicyclic) bond motifs is 2. The van der Waals surface area contributed by atoms with Crippen LogP contribution in [0.25, 0.3) is 10.2 Å². The molecule has 0 radical (unpaired) electrons. The average Bonchev–Trinajstić information content (AvgIpc) is 3.41. The van der Waals surface area contributed by atoms with Crippen LogP contribution in [-0.2, 0) is 9.53 Å². The lowest BCUT2D eigenvalue weighted by atomic mass is 10.1. The van der Waals surface area contributed by atoms with E-state index in [0.717, 1.165) is 41.2 Å². The molecule has 10 heteroatoms. The summed E-state index contributed by atoms with van der Waals surface area (Å²) in [5.41, 5.74) is 1.39. The van der Waals surface area contributed by atoms with Crippen molar-refractivity contribution < 1.29 is 23.9 Å². The van der Waals surface area contributed by atoms with Crippen molar-refractivity contribution in [1.82, 2.24) is 14.8 Å². The molecule has 0 saturated carbocycles. The molecule has 1 saturated heterocycles. The number of aromatic nitrogens is 1. The minimum atomic E-state index is -0.443. The fourth-order valence-corrected chi connectivity index (χ4v) is 5.33. The van der Waals surface area contributed by atoms with E-state index in [9.17, 15) is 14.4 Å². The fraction of sp³-hybridized carbons (Fsp3) is 0.360. The van der Waals surface area contributed by atoms with E-state index in [1.54, 1.807) is 36.3 Å². The van der Waals surface area contributed by atoms with E-state index in [4.69, 9.17) is 9.47 Å². The number of carbonyl (C=O) groups is 3. The van der Waals surface area contributed by atoms with Crippen LogP contribution in [0.3, 0.4) is 0 Å². The maximum Gasteiger partial charge on any atom is 0.262 e. The monoisotopic (exact) mass is 494 g/mol. The van der Waals surface area contributed by atoms with E-state index in [1.807, 2.05) is 18.2 Å². The third kappa shape index (κ3) is 4.77. The van der Waals surface area contributed by atoms with Gasteiger partial charge in [0.25, 0.3) is 11.8 Å². The van der Waals surface area contributed by atoms with Gasteiger partial charge in [-0.2, -0.15) is 0 Å². The second-order valence-corrected chi connectivity index (χ2v) is 9.43. The summed E-state index contributed by atoms with van der Waals surface area (Å²) in [6.07, 6.45) is 0.729. The maximum atomic E-state index is 13.5. The number of methoxy groups -OCH3 is 1. The molecule has 2 aromatic carbocycles. The molecule has 1 aromatic heterocycles. The van der Waals surface area contributed by atoms with Crippen LogP contribution in [0, 0.1) is 0 Å². The smallest absolute Gasteiger partial charge is 0.262 e. The van der Waals surface area contributed by atoms with Gasteiger partial charge >= 0.3 is 0 Å². The Balaban J connectivity index is 1.36. The zero-order valence-electron chi connectivity index (χ0n) is 19.4. The van der Waals surface area contributed by atoms with Crippen molar-refractivity contribution in [2.24, 2.45) is 0 Å². The van der Waals surface area contributed by atoms with E-state index < -0.39 is 11.8 Å². The zero-order chi connectivity index (χ0) is 24.4. The van der Waals surface area contributed by atoms with Crippen molar-refractivity contribution in [2.45, 2.75) is 6.42 Å². The number of rotatable bonds is 8. The Morgan fingerprint density at radius 2 is 1.83 bits per heavy atom. The molecule has 0 unspecified atom stereocenters. The molecule has 1 fully saturated rings. The Hall–Kier alpha value is -3.34. The number of nitrogens with zero attached hydrogens (tertiary/aromatic N) is 4. The summed E-state index contributed by atoms with van der Waals surface area (Å²) in [6, 6.07) is 12.2. The highest BCUT2D eigenvalue weighted by molar-refractivity contribution is 7.22. The summed E-state index contributed by atoms with van der Waals surface area (Å²) in [7, 11) is 1.60. The molecule has 3 amide bonds. The van der Waals surface area contributed by atoms with Gasteiger partial charge < -0.3 is 9.47 Å². The molecule has 0 atom stereocenters. The van der Waals surface area contributed by atoms with Gasteiger partial charge in [0.15, 0.2) is 5.13 Å². The third-order valence-corrected chi connectivity index (χ3v) is 7.31. The summed E-state index contributed by atoms with van der Waals surface area (Å²) in [5, 5.41) is 0.539. The normalized spacial score (nSPS) is 16.1. The molecule has 0 spiro atoms. The summed E-state index contributed by atoms with van der Waals surface area (Å²) < 4.78 is 11.6. The summed E-state index contributed by atoms with van der Waals surface area (Å²) in [4.78, 5) is 48.8. The van der Waals surface area contributed by atoms with Crippen LogP contribution in [0.4, 0.5) is 5.13 Å². The van der Waals surface area contributed by atoms with Gasteiger partial charge in [-0.3, -0.25) is 29.1 Å². The minimum Gasteiger partial charge on any atom is -0.497 e. The number of amides is 3. The number of thiazole rings is 1. The number of ether oxygens (including phenoxy) is 2. The molecule has 0 N–H and O–H groups in total. The second kappa shape index (κ2) is 10.1. The average molecular weight is 495 g/mol. The molecule has 2 aliphatic heterocycles. The topological polar surface area (TPSA) is 92.3 Å². The van der Waals surface area contributed by atoms with Crippen molar-refractivity contribution in [1.29, 1.82) is 0 Å². The first-order valence-corrected chi connectivity index (χ1v) is 12.4. The predicted molar refractivity (Wildman–Crippen MR) is 132 cm³/mol. The molecule has 35 heavy (non-hydrogen) atoms. The van der Waals surface area contributed by atoms with Gasteiger partial charge in [0, 0.05) is 32.2 Å². The lowest BCUT2D eigenvalue weighted by molar-refractivity contribution is -0.119. The standard InChI is InChI=1S/C25H26N4O5S/c1-33-17-7-8-21-20(15-17)26-25(35-21)28(10-4-9-27-11-13-34-14-12-27)22(30)16-29-23(31)18-5-2-3-6-19(18)24(29)32/h2-3,5-8,15H,4,9-14,16H2,1H3. The van der Waals surface area contributed by atoms with Gasteiger partial charge in [0.2, 0.25) is 5.91 Å². The van der Waals surface area contributed by atoms with E-state index in [2.05, 4.69) is 9.88 Å². The number of benzene rings is 2. The Bertz CT molecular complexity index is 1230. The Kier molecular flexibility index (Phi) is 6.76. The van der Waals surface area contributed by atoms with Gasteiger partial charge in [-0.1, -0.05) is 23.5 Å². The number of imide groups is 1. The van der Waals surface area contributed by atoms with Gasteiger partial charge in [-0.05, 0) is 30.7 Å². The van der Waals surface area contributed by atoms with Crippen molar-refractivity contribution in [3.63, 3.8) is 0 Å². The lowest BCUT2D eigenvalue weighted by Crippen LogP contribution is -2.44. The maximum absolute atomic E-state index is 13.5. The second-order valence-electron chi connectivity index (χ2n) is 8.43. The summed E-state index contributed by atoms with van der Waals surface area (Å²) >= 11 is 1.40. The Morgan fingerprint density at radius 1 is 1.11 bits per heavy atom. The number of hydrogen-bond acceptors (Lipinski definition) is 8.